The Balaban J connectivity index is 3.10. The predicted molar refractivity (Wildman–Crippen MR) is 172 cm³/mol. The van der Waals surface area contributed by atoms with Gasteiger partial charge in [0, 0.05) is 32.2 Å². The monoisotopic (exact) mass is 625 g/mol. The number of rotatable bonds is 25. The van der Waals surface area contributed by atoms with Crippen LogP contribution in [-0.2, 0) is 38.1 Å². The molecule has 0 aromatic heterocycles. The van der Waals surface area contributed by atoms with Crippen LogP contribution in [0.2, 0.25) is 0 Å². The Bertz CT molecular complexity index is 804. The minimum absolute atomic E-state index is 0.00160. The number of carbonyl (C=O) groups excluding carboxylic acids is 4. The Labute approximate surface area is 267 Å². The van der Waals surface area contributed by atoms with Crippen molar-refractivity contribution in [3.63, 3.8) is 0 Å². The summed E-state index contributed by atoms with van der Waals surface area (Å²) in [5, 5.41) is 0. The van der Waals surface area contributed by atoms with E-state index in [-0.39, 0.29) is 44.2 Å². The highest BCUT2D eigenvalue weighted by Crippen LogP contribution is 2.29. The molecular weight excluding hydrogens is 562 g/mol. The summed E-state index contributed by atoms with van der Waals surface area (Å²) in [5.41, 5.74) is 0. The standard InChI is InChI=1S/C35H63NO8/c1-6-11-12-13-14-15-16-17-18-19-20-25-36-26-29(42-31(38)22-8-3)35(44-33(40)24-10-5)34(43-32(39)23-9-4)28(36)27-41-30(37)21-7-2/h28-29,34-35H,6-27H2,1-5H3/t28-,29+,34-,35-/m1/s1. The van der Waals surface area contributed by atoms with Crippen LogP contribution in [0.3, 0.4) is 0 Å². The van der Waals surface area contributed by atoms with E-state index in [1.54, 1.807) is 0 Å². The van der Waals surface area contributed by atoms with Crippen LogP contribution < -0.4 is 0 Å². The van der Waals surface area contributed by atoms with Crippen molar-refractivity contribution in [1.82, 2.24) is 4.90 Å². The van der Waals surface area contributed by atoms with Crippen LogP contribution in [0.15, 0.2) is 0 Å². The molecular formula is C35H63NO8. The first-order valence-corrected chi connectivity index (χ1v) is 17.8. The van der Waals surface area contributed by atoms with Crippen LogP contribution in [0.4, 0.5) is 0 Å². The molecule has 0 aromatic carbocycles. The second kappa shape index (κ2) is 25.1. The van der Waals surface area contributed by atoms with E-state index in [2.05, 4.69) is 11.8 Å². The summed E-state index contributed by atoms with van der Waals surface area (Å²) in [6.45, 7) is 10.8. The molecule has 1 rings (SSSR count). The third-order valence-electron chi connectivity index (χ3n) is 8.05. The lowest BCUT2D eigenvalue weighted by Crippen LogP contribution is -2.65. The van der Waals surface area contributed by atoms with Gasteiger partial charge in [0.15, 0.2) is 18.3 Å². The molecule has 256 valence electrons. The van der Waals surface area contributed by atoms with Crippen LogP contribution in [-0.4, -0.2) is 72.8 Å². The SMILES string of the molecule is CCCCCCCCCCCCCN1C[C@H](OC(=O)CCC)[C@@H](OC(=O)CCC)[C@H](OC(=O)CCC)[C@H]1COC(=O)CCC. The van der Waals surface area contributed by atoms with Gasteiger partial charge in [-0.25, -0.2) is 0 Å². The number of carbonyl (C=O) groups is 4. The highest BCUT2D eigenvalue weighted by Gasteiger charge is 2.50. The largest absolute Gasteiger partial charge is 0.464 e. The second-order valence-corrected chi connectivity index (χ2v) is 12.2. The van der Waals surface area contributed by atoms with Crippen LogP contribution >= 0.6 is 0 Å². The Morgan fingerprint density at radius 3 is 1.45 bits per heavy atom. The summed E-state index contributed by atoms with van der Waals surface area (Å²) in [6.07, 6.45) is 14.1. The van der Waals surface area contributed by atoms with E-state index in [9.17, 15) is 19.2 Å². The van der Waals surface area contributed by atoms with Crippen molar-refractivity contribution < 1.29 is 38.1 Å². The molecule has 4 atom stereocenters. The van der Waals surface area contributed by atoms with E-state index in [1.807, 2.05) is 27.7 Å². The van der Waals surface area contributed by atoms with Gasteiger partial charge >= 0.3 is 23.9 Å². The third-order valence-corrected chi connectivity index (χ3v) is 8.05. The number of unbranched alkanes of at least 4 members (excludes halogenated alkanes) is 10. The van der Waals surface area contributed by atoms with Gasteiger partial charge in [0.1, 0.15) is 6.61 Å². The lowest BCUT2D eigenvalue weighted by molar-refractivity contribution is -0.210. The van der Waals surface area contributed by atoms with Crippen molar-refractivity contribution in [1.29, 1.82) is 0 Å². The maximum atomic E-state index is 12.9. The Kier molecular flexibility index (Phi) is 22.7. The van der Waals surface area contributed by atoms with Crippen molar-refractivity contribution in [2.45, 2.75) is 181 Å². The molecule has 1 aliphatic heterocycles. The normalized spacial score (nSPS) is 20.2. The zero-order valence-corrected chi connectivity index (χ0v) is 28.6. The summed E-state index contributed by atoms with van der Waals surface area (Å²) >= 11 is 0. The van der Waals surface area contributed by atoms with E-state index < -0.39 is 36.3 Å². The molecule has 0 amide bonds. The van der Waals surface area contributed by atoms with Gasteiger partial charge in [-0.3, -0.25) is 24.1 Å². The maximum absolute atomic E-state index is 12.9. The number of ether oxygens (including phenoxy) is 4. The predicted octanol–water partition coefficient (Wildman–Crippen LogP) is 7.46. The average Bonchev–Trinajstić information content (AvgIpc) is 2.97. The molecule has 0 bridgehead atoms. The number of hydrogen-bond donors (Lipinski definition) is 0. The number of hydrogen-bond acceptors (Lipinski definition) is 9. The van der Waals surface area contributed by atoms with Gasteiger partial charge in [0.25, 0.3) is 0 Å². The van der Waals surface area contributed by atoms with Gasteiger partial charge in [0.2, 0.25) is 0 Å². The fraction of sp³-hybridized carbons (Fsp3) is 0.886. The van der Waals surface area contributed by atoms with Crippen molar-refractivity contribution in [3.8, 4) is 0 Å². The van der Waals surface area contributed by atoms with Crippen molar-refractivity contribution >= 4 is 23.9 Å². The number of likely N-dealkylation sites (tertiary alicyclic amines) is 1. The summed E-state index contributed by atoms with van der Waals surface area (Å²) in [5.74, 6) is -1.56. The number of piperidine rings is 1. The summed E-state index contributed by atoms with van der Waals surface area (Å²) in [6, 6.07) is -0.528. The molecule has 9 heteroatoms. The molecule has 0 spiro atoms. The van der Waals surface area contributed by atoms with E-state index in [0.717, 1.165) is 19.3 Å². The molecule has 0 saturated carbocycles. The molecule has 0 aliphatic carbocycles. The lowest BCUT2D eigenvalue weighted by Gasteiger charge is -2.47. The van der Waals surface area contributed by atoms with E-state index in [1.165, 1.54) is 51.4 Å². The third kappa shape index (κ3) is 16.8. The smallest absolute Gasteiger partial charge is 0.306 e. The van der Waals surface area contributed by atoms with Gasteiger partial charge in [-0.15, -0.1) is 0 Å². The van der Waals surface area contributed by atoms with Crippen molar-refractivity contribution in [2.24, 2.45) is 0 Å². The molecule has 1 heterocycles. The molecule has 9 nitrogen and oxygen atoms in total. The molecule has 0 aromatic rings. The van der Waals surface area contributed by atoms with Crippen LogP contribution in [0.1, 0.15) is 157 Å². The zero-order valence-electron chi connectivity index (χ0n) is 28.6. The molecule has 1 fully saturated rings. The fourth-order valence-corrected chi connectivity index (χ4v) is 5.65. The Morgan fingerprint density at radius 1 is 0.523 bits per heavy atom. The van der Waals surface area contributed by atoms with Gasteiger partial charge in [-0.1, -0.05) is 98.8 Å². The van der Waals surface area contributed by atoms with E-state index in [4.69, 9.17) is 18.9 Å². The van der Waals surface area contributed by atoms with Gasteiger partial charge in [-0.05, 0) is 38.6 Å². The first-order valence-electron chi connectivity index (χ1n) is 17.8. The van der Waals surface area contributed by atoms with Gasteiger partial charge in [-0.2, -0.15) is 0 Å². The van der Waals surface area contributed by atoms with Gasteiger partial charge in [0.05, 0.1) is 6.04 Å². The topological polar surface area (TPSA) is 108 Å². The highest BCUT2D eigenvalue weighted by molar-refractivity contribution is 5.72. The van der Waals surface area contributed by atoms with Crippen LogP contribution in [0, 0.1) is 0 Å². The zero-order chi connectivity index (χ0) is 32.6. The molecule has 1 saturated heterocycles. The summed E-state index contributed by atoms with van der Waals surface area (Å²) < 4.78 is 23.4. The molecule has 0 unspecified atom stereocenters. The minimum atomic E-state index is -0.987. The summed E-state index contributed by atoms with van der Waals surface area (Å²) in [7, 11) is 0. The molecule has 1 aliphatic rings. The van der Waals surface area contributed by atoms with E-state index in [0.29, 0.717) is 38.8 Å². The fourth-order valence-electron chi connectivity index (χ4n) is 5.65. The molecule has 0 N–H and O–H groups in total. The second-order valence-electron chi connectivity index (χ2n) is 12.2. The number of esters is 4. The summed E-state index contributed by atoms with van der Waals surface area (Å²) in [4.78, 5) is 52.8. The molecule has 44 heavy (non-hydrogen) atoms. The Morgan fingerprint density at radius 2 is 0.955 bits per heavy atom. The van der Waals surface area contributed by atoms with Crippen LogP contribution in [0.5, 0.6) is 0 Å². The minimum Gasteiger partial charge on any atom is -0.464 e. The first-order chi connectivity index (χ1) is 21.3. The van der Waals surface area contributed by atoms with Crippen molar-refractivity contribution in [3.05, 3.63) is 0 Å². The Hall–Kier alpha value is -2.16. The lowest BCUT2D eigenvalue weighted by atomic mass is 9.92. The maximum Gasteiger partial charge on any atom is 0.306 e. The van der Waals surface area contributed by atoms with Gasteiger partial charge < -0.3 is 18.9 Å². The van der Waals surface area contributed by atoms with Crippen molar-refractivity contribution in [2.75, 3.05) is 19.7 Å². The average molecular weight is 626 g/mol. The first kappa shape index (κ1) is 39.9. The number of nitrogens with zero attached hydrogens (tertiary/aromatic N) is 1. The van der Waals surface area contributed by atoms with E-state index >= 15 is 0 Å². The quantitative estimate of drug-likeness (QED) is 0.0580. The van der Waals surface area contributed by atoms with Crippen LogP contribution in [0.25, 0.3) is 0 Å². The molecule has 0 radical (unpaired) electrons. The highest BCUT2D eigenvalue weighted by atomic mass is 16.6.